The van der Waals surface area contributed by atoms with Crippen molar-refractivity contribution in [2.45, 2.75) is 18.1 Å². The monoisotopic (exact) mass is 455 g/mol. The van der Waals surface area contributed by atoms with E-state index >= 15 is 0 Å². The highest BCUT2D eigenvalue weighted by Gasteiger charge is 2.19. The third-order valence-electron chi connectivity index (χ3n) is 4.64. The molecule has 9 nitrogen and oxygen atoms in total. The van der Waals surface area contributed by atoms with E-state index in [2.05, 4.69) is 20.8 Å². The Morgan fingerprint density at radius 1 is 1.06 bits per heavy atom. The van der Waals surface area contributed by atoms with Crippen LogP contribution >= 0.6 is 11.8 Å². The Labute approximate surface area is 190 Å². The molecule has 0 spiro atoms. The zero-order valence-electron chi connectivity index (χ0n) is 18.3. The van der Waals surface area contributed by atoms with Crippen LogP contribution in [0.2, 0.25) is 0 Å². The number of ether oxygens (including phenoxy) is 2. The first-order valence-corrected chi connectivity index (χ1v) is 10.8. The van der Waals surface area contributed by atoms with E-state index in [-0.39, 0.29) is 23.6 Å². The largest absolute Gasteiger partial charge is 0.497 e. The topological polar surface area (TPSA) is 107 Å². The fourth-order valence-corrected chi connectivity index (χ4v) is 3.66. The molecule has 2 amide bonds. The third kappa shape index (κ3) is 5.79. The molecule has 0 fully saturated rings. The Morgan fingerprint density at radius 3 is 2.47 bits per heavy atom. The van der Waals surface area contributed by atoms with Gasteiger partial charge in [-0.25, -0.2) is 0 Å². The maximum atomic E-state index is 12.5. The van der Waals surface area contributed by atoms with E-state index < -0.39 is 0 Å². The van der Waals surface area contributed by atoms with Gasteiger partial charge >= 0.3 is 0 Å². The molecule has 0 unspecified atom stereocenters. The second-order valence-corrected chi connectivity index (χ2v) is 7.83. The Balaban J connectivity index is 1.56. The van der Waals surface area contributed by atoms with Gasteiger partial charge in [0, 0.05) is 24.4 Å². The highest BCUT2D eigenvalue weighted by Crippen LogP contribution is 2.21. The summed E-state index contributed by atoms with van der Waals surface area (Å²) in [5.41, 5.74) is 1.17. The minimum absolute atomic E-state index is 0.162. The summed E-state index contributed by atoms with van der Waals surface area (Å²) in [4.78, 5) is 24.8. The number of anilines is 1. The number of amides is 2. The van der Waals surface area contributed by atoms with Crippen LogP contribution in [-0.2, 0) is 11.8 Å². The lowest BCUT2D eigenvalue weighted by Gasteiger charge is -2.14. The number of hydrogen-bond donors (Lipinski definition) is 2. The molecule has 1 atom stereocenters. The second kappa shape index (κ2) is 10.7. The first-order valence-electron chi connectivity index (χ1n) is 9.82. The quantitative estimate of drug-likeness (QED) is 0.478. The van der Waals surface area contributed by atoms with E-state index in [9.17, 15) is 9.59 Å². The average molecular weight is 456 g/mol. The van der Waals surface area contributed by atoms with Crippen molar-refractivity contribution in [2.75, 3.05) is 25.3 Å². The van der Waals surface area contributed by atoms with E-state index in [1.807, 2.05) is 6.92 Å². The minimum Gasteiger partial charge on any atom is -0.497 e. The van der Waals surface area contributed by atoms with E-state index in [0.717, 1.165) is 0 Å². The molecule has 0 aliphatic rings. The van der Waals surface area contributed by atoms with Crippen molar-refractivity contribution in [2.24, 2.45) is 7.05 Å². The number of carbonyl (C=O) groups is 2. The predicted octanol–water partition coefficient (Wildman–Crippen LogP) is 3.05. The first-order chi connectivity index (χ1) is 15.4. The average Bonchev–Trinajstić information content (AvgIpc) is 3.18. The van der Waals surface area contributed by atoms with Crippen molar-refractivity contribution in [3.63, 3.8) is 0 Å². The first kappa shape index (κ1) is 23.1. The minimum atomic E-state index is -0.373. The van der Waals surface area contributed by atoms with Gasteiger partial charge in [0.15, 0.2) is 11.0 Å². The standard InChI is InChI=1S/C22H25N5O4S/c1-14(23-21(29)15-8-10-17(30-3)11-9-15)20-25-26-22(27(20)2)32-13-19(28)24-16-6-5-7-18(12-16)31-4/h5-12,14H,13H2,1-4H3,(H,23,29)(H,24,28)/t14-/m1/s1. The lowest BCUT2D eigenvalue weighted by molar-refractivity contribution is -0.113. The van der Waals surface area contributed by atoms with Crippen molar-refractivity contribution in [1.82, 2.24) is 20.1 Å². The zero-order valence-corrected chi connectivity index (χ0v) is 19.1. The van der Waals surface area contributed by atoms with Crippen LogP contribution in [-0.4, -0.2) is 46.6 Å². The van der Waals surface area contributed by atoms with E-state index in [1.165, 1.54) is 11.8 Å². The van der Waals surface area contributed by atoms with Gasteiger partial charge in [-0.15, -0.1) is 10.2 Å². The summed E-state index contributed by atoms with van der Waals surface area (Å²) >= 11 is 1.26. The molecule has 3 aromatic rings. The van der Waals surface area contributed by atoms with Crippen molar-refractivity contribution in [3.8, 4) is 11.5 Å². The molecule has 10 heteroatoms. The molecule has 1 heterocycles. The van der Waals surface area contributed by atoms with Gasteiger partial charge in [-0.05, 0) is 43.3 Å². The molecule has 0 saturated carbocycles. The SMILES string of the molecule is COc1ccc(C(=O)N[C@H](C)c2nnc(SCC(=O)Nc3cccc(OC)c3)n2C)cc1. The summed E-state index contributed by atoms with van der Waals surface area (Å²) in [6.07, 6.45) is 0. The highest BCUT2D eigenvalue weighted by atomic mass is 32.2. The van der Waals surface area contributed by atoms with Gasteiger partial charge in [-0.2, -0.15) is 0 Å². The summed E-state index contributed by atoms with van der Waals surface area (Å²) in [5, 5.41) is 14.6. The number of rotatable bonds is 9. The van der Waals surface area contributed by atoms with Gasteiger partial charge in [0.25, 0.3) is 5.91 Å². The zero-order chi connectivity index (χ0) is 23.1. The Morgan fingerprint density at radius 2 is 1.78 bits per heavy atom. The lowest BCUT2D eigenvalue weighted by atomic mass is 10.2. The summed E-state index contributed by atoms with van der Waals surface area (Å²) in [6, 6.07) is 13.6. The molecule has 32 heavy (non-hydrogen) atoms. The van der Waals surface area contributed by atoms with Gasteiger partial charge < -0.3 is 24.7 Å². The van der Waals surface area contributed by atoms with Gasteiger partial charge in [0.1, 0.15) is 11.5 Å². The van der Waals surface area contributed by atoms with Crippen LogP contribution < -0.4 is 20.1 Å². The van der Waals surface area contributed by atoms with Crippen LogP contribution in [0.5, 0.6) is 11.5 Å². The van der Waals surface area contributed by atoms with Gasteiger partial charge in [0.05, 0.1) is 26.0 Å². The molecule has 0 bridgehead atoms. The van der Waals surface area contributed by atoms with Crippen molar-refractivity contribution >= 4 is 29.3 Å². The van der Waals surface area contributed by atoms with Crippen molar-refractivity contribution < 1.29 is 19.1 Å². The van der Waals surface area contributed by atoms with Gasteiger partial charge in [-0.3, -0.25) is 9.59 Å². The second-order valence-electron chi connectivity index (χ2n) is 6.89. The van der Waals surface area contributed by atoms with Crippen LogP contribution in [0.15, 0.2) is 53.7 Å². The van der Waals surface area contributed by atoms with E-state index in [4.69, 9.17) is 9.47 Å². The number of hydrogen-bond acceptors (Lipinski definition) is 7. The number of methoxy groups -OCH3 is 2. The Hall–Kier alpha value is -3.53. The molecular weight excluding hydrogens is 430 g/mol. The number of nitrogens with one attached hydrogen (secondary N) is 2. The summed E-state index contributed by atoms with van der Waals surface area (Å²) in [6.45, 7) is 1.83. The summed E-state index contributed by atoms with van der Waals surface area (Å²) in [5.74, 6) is 1.70. The molecule has 0 radical (unpaired) electrons. The van der Waals surface area contributed by atoms with Crippen LogP contribution in [0.3, 0.4) is 0 Å². The smallest absolute Gasteiger partial charge is 0.251 e. The van der Waals surface area contributed by atoms with Crippen LogP contribution in [0.4, 0.5) is 5.69 Å². The molecule has 0 saturated heterocycles. The van der Waals surface area contributed by atoms with Gasteiger partial charge in [-0.1, -0.05) is 17.8 Å². The summed E-state index contributed by atoms with van der Waals surface area (Å²) < 4.78 is 12.0. The molecule has 0 aliphatic heterocycles. The number of aromatic nitrogens is 3. The predicted molar refractivity (Wildman–Crippen MR) is 122 cm³/mol. The number of thioether (sulfide) groups is 1. The molecule has 2 N–H and O–H groups in total. The van der Waals surface area contributed by atoms with Crippen LogP contribution in [0, 0.1) is 0 Å². The molecular formula is C22H25N5O4S. The highest BCUT2D eigenvalue weighted by molar-refractivity contribution is 7.99. The van der Waals surface area contributed by atoms with Crippen LogP contribution in [0.25, 0.3) is 0 Å². The van der Waals surface area contributed by atoms with Crippen molar-refractivity contribution in [1.29, 1.82) is 0 Å². The van der Waals surface area contributed by atoms with E-state index in [1.54, 1.807) is 74.4 Å². The fraction of sp³-hybridized carbons (Fsp3) is 0.273. The lowest BCUT2D eigenvalue weighted by Crippen LogP contribution is -2.28. The molecule has 168 valence electrons. The van der Waals surface area contributed by atoms with Crippen molar-refractivity contribution in [3.05, 3.63) is 59.9 Å². The van der Waals surface area contributed by atoms with Gasteiger partial charge in [0.2, 0.25) is 5.91 Å². The number of carbonyl (C=O) groups excluding carboxylic acids is 2. The molecule has 2 aromatic carbocycles. The fourth-order valence-electron chi connectivity index (χ4n) is 2.94. The number of nitrogens with zero attached hydrogens (tertiary/aromatic N) is 3. The Bertz CT molecular complexity index is 1080. The maximum absolute atomic E-state index is 12.5. The summed E-state index contributed by atoms with van der Waals surface area (Å²) in [7, 11) is 4.94. The third-order valence-corrected chi connectivity index (χ3v) is 5.66. The van der Waals surface area contributed by atoms with E-state index in [0.29, 0.717) is 33.7 Å². The maximum Gasteiger partial charge on any atom is 0.251 e. The molecule has 3 rings (SSSR count). The van der Waals surface area contributed by atoms with Crippen LogP contribution in [0.1, 0.15) is 29.1 Å². The normalized spacial score (nSPS) is 11.5. The molecule has 0 aliphatic carbocycles. The molecule has 1 aromatic heterocycles. The Kier molecular flexibility index (Phi) is 7.72. The number of benzene rings is 2.